The maximum absolute atomic E-state index is 12.8. The zero-order valence-corrected chi connectivity index (χ0v) is 30.0. The van der Waals surface area contributed by atoms with Crippen molar-refractivity contribution >= 4 is 28.4 Å². The minimum Gasteiger partial charge on any atom is -0.462 e. The van der Waals surface area contributed by atoms with Gasteiger partial charge in [0.1, 0.15) is 6.10 Å². The molecule has 1 N–H and O–H groups in total. The molecule has 4 aliphatic rings. The summed E-state index contributed by atoms with van der Waals surface area (Å²) in [7, 11) is 0. The average molecular weight is 663 g/mol. The molecule has 8 atom stereocenters. The van der Waals surface area contributed by atoms with E-state index >= 15 is 0 Å². The van der Waals surface area contributed by atoms with Crippen molar-refractivity contribution in [1.29, 1.82) is 0 Å². The number of nitro benzene ring substituents is 1. The molecule has 264 valence electrons. The van der Waals surface area contributed by atoms with Gasteiger partial charge >= 0.3 is 11.7 Å². The van der Waals surface area contributed by atoms with Gasteiger partial charge in [-0.15, -0.1) is 0 Å². The van der Waals surface area contributed by atoms with E-state index < -0.39 is 4.92 Å². The second-order valence-corrected chi connectivity index (χ2v) is 16.7. The number of esters is 1. The maximum Gasteiger partial charge on any atom is 0.306 e. The molecule has 48 heavy (non-hydrogen) atoms. The number of non-ortho nitro benzene ring substituents is 1. The Morgan fingerprint density at radius 2 is 1.83 bits per heavy atom. The molecule has 3 fully saturated rings. The standard InChI is InChI=1S/C39H58N4O5/c1-25(2)10-9-11-26(3)30-15-16-31-29-14-13-27-24-28(19-21-38(27,4)32(29)20-22-39(30,31)5)47-35(44)12-7-6-8-23-40-33-17-18-34(43(45)46)37-36(33)41-48-42-37/h13,17-18,25-26,28-32,40H,6-12,14-16,19-24H2,1-5H3. The molecule has 0 amide bonds. The molecule has 9 heteroatoms. The highest BCUT2D eigenvalue weighted by atomic mass is 16.6. The van der Waals surface area contributed by atoms with Gasteiger partial charge in [-0.3, -0.25) is 14.9 Å². The number of aromatic nitrogens is 2. The third-order valence-corrected chi connectivity index (χ3v) is 13.5. The van der Waals surface area contributed by atoms with Gasteiger partial charge in [0.25, 0.3) is 0 Å². The summed E-state index contributed by atoms with van der Waals surface area (Å²) in [5, 5.41) is 22.0. The SMILES string of the molecule is CC(C)CCCC(C)C1CCC2C3CC=C4CC(OC(=O)CCCCCNc5ccc([N+](=O)[O-])c6nonc56)CCC4(C)C3CCC12C. The second kappa shape index (κ2) is 14.5. The summed E-state index contributed by atoms with van der Waals surface area (Å²) < 4.78 is 10.8. The largest absolute Gasteiger partial charge is 0.462 e. The number of benzene rings is 1. The molecule has 0 radical (unpaired) electrons. The van der Waals surface area contributed by atoms with E-state index in [9.17, 15) is 14.9 Å². The van der Waals surface area contributed by atoms with Gasteiger partial charge in [0, 0.05) is 25.5 Å². The van der Waals surface area contributed by atoms with Crippen LogP contribution < -0.4 is 5.32 Å². The molecule has 1 aromatic carbocycles. The Morgan fingerprint density at radius 3 is 2.62 bits per heavy atom. The average Bonchev–Trinajstić information content (AvgIpc) is 3.67. The zero-order chi connectivity index (χ0) is 34.1. The summed E-state index contributed by atoms with van der Waals surface area (Å²) >= 11 is 0. The lowest BCUT2D eigenvalue weighted by Crippen LogP contribution is -2.51. The van der Waals surface area contributed by atoms with Gasteiger partial charge in [0.15, 0.2) is 5.52 Å². The fourth-order valence-electron chi connectivity index (χ4n) is 10.9. The monoisotopic (exact) mass is 662 g/mol. The van der Waals surface area contributed by atoms with Crippen LogP contribution >= 0.6 is 0 Å². The van der Waals surface area contributed by atoms with Gasteiger partial charge < -0.3 is 10.1 Å². The molecule has 3 saturated carbocycles. The first kappa shape index (κ1) is 34.9. The number of rotatable bonds is 14. The van der Waals surface area contributed by atoms with Crippen molar-refractivity contribution in [3.8, 4) is 0 Å². The van der Waals surface area contributed by atoms with E-state index in [-0.39, 0.29) is 28.7 Å². The van der Waals surface area contributed by atoms with Crippen LogP contribution in [-0.2, 0) is 9.53 Å². The van der Waals surface area contributed by atoms with Gasteiger partial charge in [-0.05, 0) is 121 Å². The molecule has 2 aromatic rings. The number of nitrogens with zero attached hydrogens (tertiary/aromatic N) is 3. The quantitative estimate of drug-likeness (QED) is 0.0698. The molecule has 9 nitrogen and oxygen atoms in total. The summed E-state index contributed by atoms with van der Waals surface area (Å²) in [6, 6.07) is 3.04. The summed E-state index contributed by atoms with van der Waals surface area (Å²) in [5.74, 6) is 4.92. The van der Waals surface area contributed by atoms with E-state index in [1.54, 1.807) is 11.6 Å². The van der Waals surface area contributed by atoms with Crippen LogP contribution in [-0.4, -0.2) is 33.9 Å². The smallest absolute Gasteiger partial charge is 0.306 e. The first-order valence-corrected chi connectivity index (χ1v) is 19.0. The molecule has 4 aliphatic carbocycles. The van der Waals surface area contributed by atoms with Gasteiger partial charge in [-0.25, -0.2) is 4.63 Å². The summed E-state index contributed by atoms with van der Waals surface area (Å²) in [6.45, 7) is 13.1. The van der Waals surface area contributed by atoms with Crippen molar-refractivity contribution in [2.45, 2.75) is 137 Å². The Hall–Kier alpha value is -2.97. The molecule has 1 heterocycles. The summed E-state index contributed by atoms with van der Waals surface area (Å²) in [5.41, 5.74) is 3.36. The molecule has 0 aliphatic heterocycles. The van der Waals surface area contributed by atoms with Crippen molar-refractivity contribution in [3.63, 3.8) is 0 Å². The molecular formula is C39H58N4O5. The van der Waals surface area contributed by atoms with Crippen LogP contribution in [0, 0.1) is 56.5 Å². The number of unbranched alkanes of at least 4 members (excludes halogenated alkanes) is 2. The second-order valence-electron chi connectivity index (χ2n) is 16.7. The number of nitrogens with one attached hydrogen (secondary N) is 1. The molecule has 8 unspecified atom stereocenters. The molecule has 0 saturated heterocycles. The van der Waals surface area contributed by atoms with Gasteiger partial charge in [-0.2, -0.15) is 0 Å². The van der Waals surface area contributed by atoms with E-state index in [4.69, 9.17) is 9.37 Å². The molecule has 0 bridgehead atoms. The Kier molecular flexibility index (Phi) is 10.5. The van der Waals surface area contributed by atoms with E-state index in [0.29, 0.717) is 29.6 Å². The zero-order valence-electron chi connectivity index (χ0n) is 30.0. The van der Waals surface area contributed by atoms with Gasteiger partial charge in [-0.1, -0.05) is 72.0 Å². The van der Waals surface area contributed by atoms with Crippen molar-refractivity contribution < 1.29 is 19.1 Å². The molecular weight excluding hydrogens is 604 g/mol. The minimum atomic E-state index is -0.491. The van der Waals surface area contributed by atoms with Crippen LogP contribution in [0.15, 0.2) is 28.4 Å². The topological polar surface area (TPSA) is 120 Å². The summed E-state index contributed by atoms with van der Waals surface area (Å²) in [4.78, 5) is 23.6. The number of carbonyl (C=O) groups is 1. The lowest BCUT2D eigenvalue weighted by atomic mass is 9.47. The Labute approximate surface area is 286 Å². The number of hydrogen-bond acceptors (Lipinski definition) is 8. The van der Waals surface area contributed by atoms with Gasteiger partial charge in [0.05, 0.1) is 10.6 Å². The van der Waals surface area contributed by atoms with E-state index in [1.807, 2.05) is 0 Å². The number of allylic oxidation sites excluding steroid dienone is 1. The first-order chi connectivity index (χ1) is 23.0. The van der Waals surface area contributed by atoms with Crippen molar-refractivity contribution in [1.82, 2.24) is 10.3 Å². The third-order valence-electron chi connectivity index (χ3n) is 13.5. The number of anilines is 1. The minimum absolute atomic E-state index is 0.00654. The van der Waals surface area contributed by atoms with Crippen LogP contribution in [0.5, 0.6) is 0 Å². The molecule has 1 aromatic heterocycles. The summed E-state index contributed by atoms with van der Waals surface area (Å²) in [6.07, 6.45) is 19.5. The van der Waals surface area contributed by atoms with Crippen LogP contribution in [0.2, 0.25) is 0 Å². The van der Waals surface area contributed by atoms with Crippen molar-refractivity contribution in [2.24, 2.45) is 46.3 Å². The molecule has 6 rings (SSSR count). The van der Waals surface area contributed by atoms with Crippen molar-refractivity contribution in [3.05, 3.63) is 33.9 Å². The number of hydrogen-bond donors (Lipinski definition) is 1. The van der Waals surface area contributed by atoms with Crippen LogP contribution in [0.25, 0.3) is 11.0 Å². The highest BCUT2D eigenvalue weighted by Crippen LogP contribution is 2.67. The van der Waals surface area contributed by atoms with Crippen LogP contribution in [0.3, 0.4) is 0 Å². The highest BCUT2D eigenvalue weighted by Gasteiger charge is 2.59. The van der Waals surface area contributed by atoms with Crippen molar-refractivity contribution in [2.75, 3.05) is 11.9 Å². The Balaban J connectivity index is 0.945. The predicted octanol–water partition coefficient (Wildman–Crippen LogP) is 10.1. The highest BCUT2D eigenvalue weighted by molar-refractivity contribution is 5.93. The Bertz CT molecular complexity index is 1490. The number of fused-ring (bicyclic) bond motifs is 6. The molecule has 0 spiro atoms. The van der Waals surface area contributed by atoms with E-state index in [2.05, 4.69) is 56.3 Å². The van der Waals surface area contributed by atoms with Crippen LogP contribution in [0.1, 0.15) is 131 Å². The van der Waals surface area contributed by atoms with Gasteiger partial charge in [0.2, 0.25) is 5.52 Å². The number of ether oxygens (including phenoxy) is 1. The first-order valence-electron chi connectivity index (χ1n) is 19.0. The fourth-order valence-corrected chi connectivity index (χ4v) is 10.9. The van der Waals surface area contributed by atoms with E-state index in [1.165, 1.54) is 57.4 Å². The normalized spacial score (nSPS) is 31.9. The lowest BCUT2D eigenvalue weighted by Gasteiger charge is -2.58. The predicted molar refractivity (Wildman–Crippen MR) is 188 cm³/mol. The number of carbonyl (C=O) groups excluding carboxylic acids is 1. The maximum atomic E-state index is 12.8. The van der Waals surface area contributed by atoms with E-state index in [0.717, 1.165) is 74.0 Å². The Morgan fingerprint density at radius 1 is 1.02 bits per heavy atom. The third kappa shape index (κ3) is 6.89. The lowest BCUT2D eigenvalue weighted by molar-refractivity contribution is -0.383. The fraction of sp³-hybridized carbons (Fsp3) is 0.769. The van der Waals surface area contributed by atoms with Crippen LogP contribution in [0.4, 0.5) is 11.4 Å². The number of nitro groups is 1.